The van der Waals surface area contributed by atoms with Crippen molar-refractivity contribution in [1.29, 1.82) is 5.41 Å². The van der Waals surface area contributed by atoms with Crippen molar-refractivity contribution in [2.24, 2.45) is 5.73 Å². The van der Waals surface area contributed by atoms with E-state index in [4.69, 9.17) is 20.6 Å². The summed E-state index contributed by atoms with van der Waals surface area (Å²) in [7, 11) is 0. The quantitative estimate of drug-likeness (QED) is 0.618. The van der Waals surface area contributed by atoms with Crippen LogP contribution in [0.15, 0.2) is 12.5 Å². The van der Waals surface area contributed by atoms with Gasteiger partial charge in [-0.15, -0.1) is 0 Å². The zero-order valence-electron chi connectivity index (χ0n) is 10.6. The van der Waals surface area contributed by atoms with E-state index in [0.717, 1.165) is 12.8 Å². The average Bonchev–Trinajstić information content (AvgIpc) is 2.27. The molecule has 0 saturated carbocycles. The molecule has 18 heavy (non-hydrogen) atoms. The highest BCUT2D eigenvalue weighted by Gasteiger charge is 2.27. The summed E-state index contributed by atoms with van der Waals surface area (Å²) in [6.45, 7) is 4.05. The summed E-state index contributed by atoms with van der Waals surface area (Å²) in [5.74, 6) is 0.294. The Labute approximate surface area is 106 Å². The number of hydrogen-bond acceptors (Lipinski definition) is 5. The topological polar surface area (TPSA) is 94.1 Å². The zero-order valence-corrected chi connectivity index (χ0v) is 10.6. The largest absolute Gasteiger partial charge is 0.474 e. The van der Waals surface area contributed by atoms with Crippen LogP contribution in [0, 0.1) is 5.41 Å². The molecule has 1 aliphatic rings. The van der Waals surface area contributed by atoms with Crippen LogP contribution in [0.1, 0.15) is 32.3 Å². The molecule has 2 unspecified atom stereocenters. The zero-order chi connectivity index (χ0) is 13.1. The van der Waals surface area contributed by atoms with Gasteiger partial charge in [-0.25, -0.2) is 9.97 Å². The summed E-state index contributed by atoms with van der Waals surface area (Å²) in [6.07, 6.45) is 4.89. The second-order valence-corrected chi connectivity index (χ2v) is 4.62. The van der Waals surface area contributed by atoms with Crippen molar-refractivity contribution < 1.29 is 9.47 Å². The lowest BCUT2D eigenvalue weighted by atomic mass is 10.0. The highest BCUT2D eigenvalue weighted by molar-refractivity contribution is 5.96. The maximum Gasteiger partial charge on any atom is 0.227 e. The molecule has 1 fully saturated rings. The molecular formula is C12H18N4O2. The molecule has 6 heteroatoms. The number of nitrogens with one attached hydrogen (secondary N) is 1. The van der Waals surface area contributed by atoms with Gasteiger partial charge in [0.15, 0.2) is 0 Å². The third kappa shape index (κ3) is 2.95. The van der Waals surface area contributed by atoms with Gasteiger partial charge in [0.25, 0.3) is 0 Å². The van der Waals surface area contributed by atoms with Crippen LogP contribution in [0.4, 0.5) is 0 Å². The minimum atomic E-state index is -0.0845. The van der Waals surface area contributed by atoms with Crippen LogP contribution in [0.2, 0.25) is 0 Å². The molecular weight excluding hydrogens is 232 g/mol. The molecule has 2 rings (SSSR count). The number of nitrogens with two attached hydrogens (primary N) is 1. The summed E-state index contributed by atoms with van der Waals surface area (Å²) < 4.78 is 11.5. The molecule has 2 heterocycles. The Morgan fingerprint density at radius 3 is 2.72 bits per heavy atom. The van der Waals surface area contributed by atoms with Crippen LogP contribution in [-0.4, -0.2) is 34.1 Å². The van der Waals surface area contributed by atoms with E-state index in [1.165, 1.54) is 12.5 Å². The Balaban J connectivity index is 2.11. The van der Waals surface area contributed by atoms with Gasteiger partial charge >= 0.3 is 0 Å². The Kier molecular flexibility index (Phi) is 3.76. The first kappa shape index (κ1) is 12.8. The molecule has 0 amide bonds. The van der Waals surface area contributed by atoms with Gasteiger partial charge in [0.2, 0.25) is 5.88 Å². The number of hydrogen-bond donors (Lipinski definition) is 2. The van der Waals surface area contributed by atoms with E-state index in [9.17, 15) is 0 Å². The summed E-state index contributed by atoms with van der Waals surface area (Å²) in [6, 6.07) is 0. The SMILES string of the molecule is CC1CC(Oc2ncncc2C(=N)N)CC(C)O1. The van der Waals surface area contributed by atoms with Gasteiger partial charge in [-0.3, -0.25) is 5.41 Å². The Bertz CT molecular complexity index is 428. The number of nitrogens with zero attached hydrogens (tertiary/aromatic N) is 2. The highest BCUT2D eigenvalue weighted by Crippen LogP contribution is 2.24. The summed E-state index contributed by atoms with van der Waals surface area (Å²) in [4.78, 5) is 7.90. The van der Waals surface area contributed by atoms with Crippen LogP contribution in [-0.2, 0) is 4.74 Å². The van der Waals surface area contributed by atoms with E-state index in [1.807, 2.05) is 13.8 Å². The van der Waals surface area contributed by atoms with Gasteiger partial charge < -0.3 is 15.2 Å². The maximum absolute atomic E-state index is 7.47. The van der Waals surface area contributed by atoms with Gasteiger partial charge in [0, 0.05) is 19.0 Å². The van der Waals surface area contributed by atoms with Crippen LogP contribution >= 0.6 is 0 Å². The first-order valence-electron chi connectivity index (χ1n) is 6.02. The summed E-state index contributed by atoms with van der Waals surface area (Å²) in [5.41, 5.74) is 5.91. The number of nitrogen functional groups attached to an aromatic ring is 1. The summed E-state index contributed by atoms with van der Waals surface area (Å²) in [5, 5.41) is 7.47. The van der Waals surface area contributed by atoms with E-state index in [0.29, 0.717) is 11.4 Å². The number of amidine groups is 1. The second-order valence-electron chi connectivity index (χ2n) is 4.62. The second kappa shape index (κ2) is 5.30. The van der Waals surface area contributed by atoms with E-state index < -0.39 is 0 Å². The third-order valence-electron chi connectivity index (χ3n) is 2.90. The van der Waals surface area contributed by atoms with Crippen molar-refractivity contribution in [3.63, 3.8) is 0 Å². The predicted octanol–water partition coefficient (Wildman–Crippen LogP) is 1.10. The molecule has 1 saturated heterocycles. The van der Waals surface area contributed by atoms with Crippen molar-refractivity contribution in [2.75, 3.05) is 0 Å². The first-order chi connectivity index (χ1) is 8.56. The normalized spacial score (nSPS) is 27.8. The molecule has 1 aliphatic heterocycles. The third-order valence-corrected chi connectivity index (χ3v) is 2.90. The van der Waals surface area contributed by atoms with Crippen molar-refractivity contribution in [3.8, 4) is 5.88 Å². The van der Waals surface area contributed by atoms with Crippen LogP contribution in [0.25, 0.3) is 0 Å². The van der Waals surface area contributed by atoms with E-state index in [2.05, 4.69) is 9.97 Å². The van der Waals surface area contributed by atoms with Crippen LogP contribution < -0.4 is 10.5 Å². The molecule has 0 radical (unpaired) electrons. The van der Waals surface area contributed by atoms with Crippen molar-refractivity contribution in [3.05, 3.63) is 18.1 Å². The smallest absolute Gasteiger partial charge is 0.227 e. The lowest BCUT2D eigenvalue weighted by Crippen LogP contribution is -2.36. The minimum absolute atomic E-state index is 0.0387. The molecule has 2 atom stereocenters. The molecule has 1 aromatic rings. The molecule has 0 spiro atoms. The Morgan fingerprint density at radius 1 is 1.44 bits per heavy atom. The van der Waals surface area contributed by atoms with Gasteiger partial charge in [-0.05, 0) is 13.8 Å². The molecule has 0 aromatic carbocycles. The van der Waals surface area contributed by atoms with E-state index >= 15 is 0 Å². The summed E-state index contributed by atoms with van der Waals surface area (Å²) >= 11 is 0. The van der Waals surface area contributed by atoms with Crippen molar-refractivity contribution in [1.82, 2.24) is 9.97 Å². The van der Waals surface area contributed by atoms with Crippen molar-refractivity contribution in [2.45, 2.75) is 45.0 Å². The number of ether oxygens (including phenoxy) is 2. The van der Waals surface area contributed by atoms with Crippen LogP contribution in [0.5, 0.6) is 5.88 Å². The fourth-order valence-electron chi connectivity index (χ4n) is 2.20. The Morgan fingerprint density at radius 2 is 2.11 bits per heavy atom. The van der Waals surface area contributed by atoms with E-state index in [1.54, 1.807) is 0 Å². The Hall–Kier alpha value is -1.69. The molecule has 6 nitrogen and oxygen atoms in total. The fraction of sp³-hybridized carbons (Fsp3) is 0.583. The molecule has 0 aliphatic carbocycles. The molecule has 98 valence electrons. The monoisotopic (exact) mass is 250 g/mol. The fourth-order valence-corrected chi connectivity index (χ4v) is 2.20. The first-order valence-corrected chi connectivity index (χ1v) is 6.02. The predicted molar refractivity (Wildman–Crippen MR) is 66.7 cm³/mol. The van der Waals surface area contributed by atoms with Gasteiger partial charge in [-0.1, -0.05) is 0 Å². The van der Waals surface area contributed by atoms with Crippen LogP contribution in [0.3, 0.4) is 0 Å². The van der Waals surface area contributed by atoms with Gasteiger partial charge in [0.1, 0.15) is 18.3 Å². The lowest BCUT2D eigenvalue weighted by molar-refractivity contribution is -0.0730. The van der Waals surface area contributed by atoms with E-state index in [-0.39, 0.29) is 24.1 Å². The molecule has 3 N–H and O–H groups in total. The number of rotatable bonds is 3. The number of aromatic nitrogens is 2. The molecule has 1 aromatic heterocycles. The van der Waals surface area contributed by atoms with Crippen molar-refractivity contribution >= 4 is 5.84 Å². The molecule has 0 bridgehead atoms. The maximum atomic E-state index is 7.47. The average molecular weight is 250 g/mol. The highest BCUT2D eigenvalue weighted by atomic mass is 16.5. The van der Waals surface area contributed by atoms with Gasteiger partial charge in [0.05, 0.1) is 17.8 Å². The standard InChI is InChI=1S/C12H18N4O2/c1-7-3-9(4-8(2)17-7)18-12-10(11(13)14)5-15-6-16-12/h5-9H,3-4H2,1-2H3,(H3,13,14). The minimum Gasteiger partial charge on any atom is -0.474 e. The van der Waals surface area contributed by atoms with Gasteiger partial charge in [-0.2, -0.15) is 0 Å². The lowest BCUT2D eigenvalue weighted by Gasteiger charge is -2.32.